The Kier molecular flexibility index (Phi) is 2.21. The molecule has 4 fully saturated rings. The van der Waals surface area contributed by atoms with Gasteiger partial charge in [0.2, 0.25) is 0 Å². The Hall–Kier alpha value is -0.300. The predicted octanol–water partition coefficient (Wildman–Crippen LogP) is 3.40. The van der Waals surface area contributed by atoms with Crippen LogP contribution in [0.4, 0.5) is 0 Å². The first-order valence-corrected chi connectivity index (χ1v) is 6.44. The van der Waals surface area contributed by atoms with Crippen LogP contribution in [0.3, 0.4) is 0 Å². The molecule has 84 valence electrons. The van der Waals surface area contributed by atoms with Crippen molar-refractivity contribution in [2.24, 2.45) is 23.7 Å². The van der Waals surface area contributed by atoms with Crippen LogP contribution >= 0.6 is 0 Å². The van der Waals surface area contributed by atoms with E-state index < -0.39 is 0 Å². The summed E-state index contributed by atoms with van der Waals surface area (Å²) in [5.41, 5.74) is 0.176. The molecular formula is C14H22O. The van der Waals surface area contributed by atoms with E-state index in [4.69, 9.17) is 4.74 Å². The maximum Gasteiger partial charge on any atom is 0.0769 e. The topological polar surface area (TPSA) is 9.23 Å². The highest BCUT2D eigenvalue weighted by molar-refractivity contribution is 5.09. The number of hydrogen-bond donors (Lipinski definition) is 0. The molecule has 0 aliphatic heterocycles. The van der Waals surface area contributed by atoms with Gasteiger partial charge in [0.1, 0.15) is 0 Å². The Morgan fingerprint density at radius 3 is 2.07 bits per heavy atom. The molecule has 0 heterocycles. The molecule has 0 unspecified atom stereocenters. The smallest absolute Gasteiger partial charge is 0.0769 e. The Labute approximate surface area is 92.9 Å². The molecule has 4 bridgehead atoms. The van der Waals surface area contributed by atoms with E-state index >= 15 is 0 Å². The van der Waals surface area contributed by atoms with Gasteiger partial charge in [0.05, 0.1) is 5.60 Å². The summed E-state index contributed by atoms with van der Waals surface area (Å²) in [5.74, 6) is 3.72. The standard InChI is InChI=1S/C14H22O/c1-3-4-14(15-2)12-6-10-5-11(8-12)9-13(14)7-10/h3,10-13H,1,4-9H2,2H3. The summed E-state index contributed by atoms with van der Waals surface area (Å²) in [5, 5.41) is 0. The van der Waals surface area contributed by atoms with Crippen LogP contribution in [0.5, 0.6) is 0 Å². The lowest BCUT2D eigenvalue weighted by Crippen LogP contribution is -2.58. The molecule has 4 rings (SSSR count). The van der Waals surface area contributed by atoms with Gasteiger partial charge in [0.15, 0.2) is 0 Å². The van der Waals surface area contributed by atoms with Crippen LogP contribution in [0.2, 0.25) is 0 Å². The van der Waals surface area contributed by atoms with Gasteiger partial charge in [-0.3, -0.25) is 0 Å². The molecule has 4 aliphatic carbocycles. The summed E-state index contributed by atoms with van der Waals surface area (Å²) in [6.07, 6.45) is 10.4. The van der Waals surface area contributed by atoms with Crippen LogP contribution in [0.25, 0.3) is 0 Å². The van der Waals surface area contributed by atoms with E-state index in [0.717, 1.165) is 30.1 Å². The zero-order chi connectivity index (χ0) is 10.5. The molecule has 0 radical (unpaired) electrons. The zero-order valence-corrected chi connectivity index (χ0v) is 9.74. The lowest BCUT2D eigenvalue weighted by Gasteiger charge is -2.60. The van der Waals surface area contributed by atoms with E-state index in [1.54, 1.807) is 0 Å². The van der Waals surface area contributed by atoms with Crippen LogP contribution in [-0.4, -0.2) is 12.7 Å². The second-order valence-electron chi connectivity index (χ2n) is 5.96. The van der Waals surface area contributed by atoms with Crippen LogP contribution in [-0.2, 0) is 4.74 Å². The molecule has 1 nitrogen and oxygen atoms in total. The van der Waals surface area contributed by atoms with Crippen molar-refractivity contribution in [3.63, 3.8) is 0 Å². The van der Waals surface area contributed by atoms with Crippen LogP contribution in [0.1, 0.15) is 38.5 Å². The van der Waals surface area contributed by atoms with E-state index in [2.05, 4.69) is 12.7 Å². The van der Waals surface area contributed by atoms with Crippen molar-refractivity contribution in [2.75, 3.05) is 7.11 Å². The Morgan fingerprint density at radius 1 is 1.13 bits per heavy atom. The molecule has 4 aliphatic rings. The fourth-order valence-corrected chi connectivity index (χ4v) is 4.96. The van der Waals surface area contributed by atoms with Crippen molar-refractivity contribution in [3.8, 4) is 0 Å². The van der Waals surface area contributed by atoms with Gasteiger partial charge in [0, 0.05) is 7.11 Å². The number of ether oxygens (including phenoxy) is 1. The molecule has 0 saturated heterocycles. The average Bonchev–Trinajstić information content (AvgIpc) is 2.23. The third-order valence-electron chi connectivity index (χ3n) is 5.36. The van der Waals surface area contributed by atoms with Crippen LogP contribution in [0, 0.1) is 23.7 Å². The van der Waals surface area contributed by atoms with E-state index in [1.807, 2.05) is 7.11 Å². The molecule has 0 aromatic carbocycles. The van der Waals surface area contributed by atoms with Gasteiger partial charge in [-0.25, -0.2) is 0 Å². The summed E-state index contributed by atoms with van der Waals surface area (Å²) >= 11 is 0. The fourth-order valence-electron chi connectivity index (χ4n) is 4.96. The quantitative estimate of drug-likeness (QED) is 0.643. The summed E-state index contributed by atoms with van der Waals surface area (Å²) in [6.45, 7) is 3.93. The van der Waals surface area contributed by atoms with Gasteiger partial charge in [-0.2, -0.15) is 0 Å². The highest BCUT2D eigenvalue weighted by atomic mass is 16.5. The minimum atomic E-state index is 0.176. The van der Waals surface area contributed by atoms with E-state index in [9.17, 15) is 0 Å². The Morgan fingerprint density at radius 2 is 1.67 bits per heavy atom. The number of methoxy groups -OCH3 is 1. The first-order valence-electron chi connectivity index (χ1n) is 6.44. The molecular weight excluding hydrogens is 184 g/mol. The van der Waals surface area contributed by atoms with Gasteiger partial charge in [-0.1, -0.05) is 6.08 Å². The van der Waals surface area contributed by atoms with Crippen molar-refractivity contribution in [2.45, 2.75) is 44.1 Å². The minimum Gasteiger partial charge on any atom is -0.377 e. The van der Waals surface area contributed by atoms with Gasteiger partial charge in [0.25, 0.3) is 0 Å². The first kappa shape index (κ1) is 9.89. The normalized spacial score (nSPS) is 52.1. The Balaban J connectivity index is 1.92. The lowest BCUT2D eigenvalue weighted by molar-refractivity contribution is -0.188. The van der Waals surface area contributed by atoms with Gasteiger partial charge in [-0.15, -0.1) is 6.58 Å². The molecule has 0 atom stereocenters. The highest BCUT2D eigenvalue weighted by Crippen LogP contribution is 2.60. The van der Waals surface area contributed by atoms with E-state index in [-0.39, 0.29) is 5.60 Å². The molecule has 0 N–H and O–H groups in total. The van der Waals surface area contributed by atoms with Crippen molar-refractivity contribution in [1.29, 1.82) is 0 Å². The molecule has 4 saturated carbocycles. The van der Waals surface area contributed by atoms with Gasteiger partial charge in [-0.05, 0) is 62.2 Å². The molecule has 0 amide bonds. The maximum atomic E-state index is 5.98. The lowest BCUT2D eigenvalue weighted by atomic mass is 9.49. The monoisotopic (exact) mass is 206 g/mol. The zero-order valence-electron chi connectivity index (χ0n) is 9.74. The summed E-state index contributed by atoms with van der Waals surface area (Å²) in [6, 6.07) is 0. The van der Waals surface area contributed by atoms with Crippen molar-refractivity contribution >= 4 is 0 Å². The number of rotatable bonds is 3. The molecule has 0 spiro atoms. The minimum absolute atomic E-state index is 0.176. The second-order valence-corrected chi connectivity index (χ2v) is 5.96. The maximum absolute atomic E-state index is 5.98. The number of hydrogen-bond acceptors (Lipinski definition) is 1. The fraction of sp³-hybridized carbons (Fsp3) is 0.857. The molecule has 1 heteroatoms. The summed E-state index contributed by atoms with van der Waals surface area (Å²) in [7, 11) is 1.92. The van der Waals surface area contributed by atoms with Crippen molar-refractivity contribution in [3.05, 3.63) is 12.7 Å². The van der Waals surface area contributed by atoms with Crippen LogP contribution in [0.15, 0.2) is 12.7 Å². The molecule has 15 heavy (non-hydrogen) atoms. The van der Waals surface area contributed by atoms with Crippen molar-refractivity contribution in [1.82, 2.24) is 0 Å². The van der Waals surface area contributed by atoms with Gasteiger partial charge >= 0.3 is 0 Å². The SMILES string of the molecule is C=CCC1(OC)C2CC3CC(C2)CC1C3. The average molecular weight is 206 g/mol. The van der Waals surface area contributed by atoms with E-state index in [1.165, 1.54) is 32.1 Å². The Bertz CT molecular complexity index is 241. The third-order valence-corrected chi connectivity index (χ3v) is 5.36. The summed E-state index contributed by atoms with van der Waals surface area (Å²) < 4.78 is 5.98. The molecule has 0 aromatic rings. The summed E-state index contributed by atoms with van der Waals surface area (Å²) in [4.78, 5) is 0. The van der Waals surface area contributed by atoms with Crippen LogP contribution < -0.4 is 0 Å². The van der Waals surface area contributed by atoms with Gasteiger partial charge < -0.3 is 4.74 Å². The van der Waals surface area contributed by atoms with E-state index in [0.29, 0.717) is 0 Å². The second kappa shape index (κ2) is 3.35. The van der Waals surface area contributed by atoms with Crippen molar-refractivity contribution < 1.29 is 4.74 Å². The third kappa shape index (κ3) is 1.25. The first-order chi connectivity index (χ1) is 7.28. The highest BCUT2D eigenvalue weighted by Gasteiger charge is 2.56. The predicted molar refractivity (Wildman–Crippen MR) is 61.6 cm³/mol. The molecule has 0 aromatic heterocycles. The largest absolute Gasteiger partial charge is 0.377 e.